The predicted molar refractivity (Wildman–Crippen MR) is 75.4 cm³/mol. The molecule has 1 aliphatic rings. The van der Waals surface area contributed by atoms with Crippen LogP contribution in [0.1, 0.15) is 5.69 Å². The number of hydrogen-bond donors (Lipinski definition) is 0. The van der Waals surface area contributed by atoms with Crippen molar-refractivity contribution in [1.82, 2.24) is 19.9 Å². The highest BCUT2D eigenvalue weighted by atomic mass is 32.1. The van der Waals surface area contributed by atoms with E-state index < -0.39 is 0 Å². The fourth-order valence-electron chi connectivity index (χ4n) is 2.01. The van der Waals surface area contributed by atoms with Crippen LogP contribution >= 0.6 is 12.2 Å². The van der Waals surface area contributed by atoms with E-state index in [0.717, 1.165) is 18.8 Å². The predicted octanol–water partition coefficient (Wildman–Crippen LogP) is 1.41. The lowest BCUT2D eigenvalue weighted by Gasteiger charge is -2.27. The molecule has 0 unspecified atom stereocenters. The third kappa shape index (κ3) is 2.68. The zero-order valence-corrected chi connectivity index (χ0v) is 11.5. The summed E-state index contributed by atoms with van der Waals surface area (Å²) in [6, 6.07) is 6.06. The molecular formula is C13H13FN4OS. The number of ether oxygens (including phenoxy) is 1. The molecule has 1 saturated heterocycles. The molecule has 3 rings (SSSR count). The number of thiocarbonyl (C=S) groups is 1. The molecule has 0 spiro atoms. The second kappa shape index (κ2) is 5.64. The number of morpholine rings is 1. The van der Waals surface area contributed by atoms with Crippen molar-refractivity contribution >= 4 is 17.2 Å². The molecule has 0 saturated carbocycles. The Morgan fingerprint density at radius 3 is 2.60 bits per heavy atom. The maximum Gasteiger partial charge on any atom is 0.140 e. The van der Waals surface area contributed by atoms with Gasteiger partial charge in [0.1, 0.15) is 16.5 Å². The van der Waals surface area contributed by atoms with E-state index in [1.807, 2.05) is 0 Å². The van der Waals surface area contributed by atoms with Gasteiger partial charge in [0.2, 0.25) is 0 Å². The summed E-state index contributed by atoms with van der Waals surface area (Å²) in [6.07, 6.45) is 1.75. The second-order valence-electron chi connectivity index (χ2n) is 4.43. The number of rotatable bonds is 2. The summed E-state index contributed by atoms with van der Waals surface area (Å²) in [5, 5.41) is 8.12. The Morgan fingerprint density at radius 1 is 1.20 bits per heavy atom. The van der Waals surface area contributed by atoms with E-state index >= 15 is 0 Å². The number of benzene rings is 1. The van der Waals surface area contributed by atoms with E-state index in [9.17, 15) is 4.39 Å². The lowest BCUT2D eigenvalue weighted by molar-refractivity contribution is 0.0692. The van der Waals surface area contributed by atoms with Crippen molar-refractivity contribution in [3.05, 3.63) is 42.0 Å². The molecule has 5 nitrogen and oxygen atoms in total. The topological polar surface area (TPSA) is 43.2 Å². The molecule has 0 N–H and O–H groups in total. The van der Waals surface area contributed by atoms with Gasteiger partial charge in [-0.2, -0.15) is 0 Å². The zero-order chi connectivity index (χ0) is 13.9. The largest absolute Gasteiger partial charge is 0.378 e. The van der Waals surface area contributed by atoms with Crippen LogP contribution in [0.4, 0.5) is 4.39 Å². The second-order valence-corrected chi connectivity index (χ2v) is 4.82. The molecular weight excluding hydrogens is 279 g/mol. The minimum atomic E-state index is -0.280. The molecule has 2 aromatic rings. The fourth-order valence-corrected chi connectivity index (χ4v) is 2.29. The van der Waals surface area contributed by atoms with Crippen molar-refractivity contribution in [3.8, 4) is 5.69 Å². The van der Waals surface area contributed by atoms with Crippen LogP contribution in [0.3, 0.4) is 0 Å². The fraction of sp³-hybridized carbons (Fsp3) is 0.308. The summed E-state index contributed by atoms with van der Waals surface area (Å²) >= 11 is 5.42. The molecule has 0 atom stereocenters. The molecule has 20 heavy (non-hydrogen) atoms. The van der Waals surface area contributed by atoms with Gasteiger partial charge in [-0.3, -0.25) is 0 Å². The first kappa shape index (κ1) is 13.1. The van der Waals surface area contributed by atoms with E-state index in [1.54, 1.807) is 23.0 Å². The first-order chi connectivity index (χ1) is 9.74. The van der Waals surface area contributed by atoms with Gasteiger partial charge in [0.05, 0.1) is 25.1 Å². The Hall–Kier alpha value is -1.86. The van der Waals surface area contributed by atoms with Crippen molar-refractivity contribution in [3.63, 3.8) is 0 Å². The molecule has 0 bridgehead atoms. The van der Waals surface area contributed by atoms with Gasteiger partial charge in [0.15, 0.2) is 0 Å². The number of halogens is 1. The van der Waals surface area contributed by atoms with Crippen molar-refractivity contribution in [2.45, 2.75) is 0 Å². The number of aromatic nitrogens is 3. The Kier molecular flexibility index (Phi) is 3.70. The smallest absolute Gasteiger partial charge is 0.140 e. The highest BCUT2D eigenvalue weighted by molar-refractivity contribution is 7.80. The third-order valence-electron chi connectivity index (χ3n) is 3.10. The molecule has 1 aromatic heterocycles. The van der Waals surface area contributed by atoms with Gasteiger partial charge in [-0.05, 0) is 24.3 Å². The maximum atomic E-state index is 12.9. The number of nitrogens with zero attached hydrogens (tertiary/aromatic N) is 4. The Labute approximate surface area is 121 Å². The van der Waals surface area contributed by atoms with E-state index in [-0.39, 0.29) is 5.82 Å². The number of hydrogen-bond acceptors (Lipinski definition) is 4. The van der Waals surface area contributed by atoms with Crippen molar-refractivity contribution < 1.29 is 9.13 Å². The maximum absolute atomic E-state index is 12.9. The van der Waals surface area contributed by atoms with E-state index in [4.69, 9.17) is 17.0 Å². The highest BCUT2D eigenvalue weighted by Crippen LogP contribution is 2.10. The van der Waals surface area contributed by atoms with Gasteiger partial charge in [-0.25, -0.2) is 9.07 Å². The van der Waals surface area contributed by atoms with Gasteiger partial charge in [-0.15, -0.1) is 5.10 Å². The standard InChI is InChI=1S/C13H13FN4OS/c14-10-1-3-11(4-2-10)18-9-12(15-16-18)13(20)17-5-7-19-8-6-17/h1-4,9H,5-8H2. The Morgan fingerprint density at radius 2 is 1.90 bits per heavy atom. The van der Waals surface area contributed by atoms with Crippen LogP contribution in [0, 0.1) is 5.82 Å². The minimum absolute atomic E-state index is 0.280. The quantitative estimate of drug-likeness (QED) is 0.783. The average Bonchev–Trinajstić information content (AvgIpc) is 2.98. The molecule has 1 fully saturated rings. The summed E-state index contributed by atoms with van der Waals surface area (Å²) in [7, 11) is 0. The van der Waals surface area contributed by atoms with Gasteiger partial charge < -0.3 is 9.64 Å². The molecule has 7 heteroatoms. The SMILES string of the molecule is Fc1ccc(-n2cc(C(=S)N3CCOCC3)nn2)cc1. The lowest BCUT2D eigenvalue weighted by atomic mass is 10.3. The molecule has 0 aliphatic carbocycles. The normalized spacial score (nSPS) is 15.3. The third-order valence-corrected chi connectivity index (χ3v) is 3.57. The van der Waals surface area contributed by atoms with Gasteiger partial charge in [0.25, 0.3) is 0 Å². The summed E-state index contributed by atoms with van der Waals surface area (Å²) in [4.78, 5) is 2.72. The zero-order valence-electron chi connectivity index (χ0n) is 10.7. The van der Waals surface area contributed by atoms with Crippen LogP contribution in [0.15, 0.2) is 30.5 Å². The minimum Gasteiger partial charge on any atom is -0.378 e. The van der Waals surface area contributed by atoms with Gasteiger partial charge in [0, 0.05) is 13.1 Å². The van der Waals surface area contributed by atoms with Crippen molar-refractivity contribution in [2.75, 3.05) is 26.3 Å². The molecule has 2 heterocycles. The van der Waals surface area contributed by atoms with Crippen LogP contribution in [0.25, 0.3) is 5.69 Å². The van der Waals surface area contributed by atoms with Gasteiger partial charge >= 0.3 is 0 Å². The molecule has 0 amide bonds. The van der Waals surface area contributed by atoms with Crippen LogP contribution in [-0.4, -0.2) is 51.2 Å². The molecule has 0 radical (unpaired) electrons. The van der Waals surface area contributed by atoms with Crippen LogP contribution in [0.2, 0.25) is 0 Å². The molecule has 1 aromatic carbocycles. The summed E-state index contributed by atoms with van der Waals surface area (Å²) in [5.41, 5.74) is 1.39. The summed E-state index contributed by atoms with van der Waals surface area (Å²) in [5.74, 6) is -0.280. The monoisotopic (exact) mass is 292 g/mol. The Balaban J connectivity index is 1.79. The average molecular weight is 292 g/mol. The van der Waals surface area contributed by atoms with E-state index in [0.29, 0.717) is 23.9 Å². The molecule has 1 aliphatic heterocycles. The van der Waals surface area contributed by atoms with Crippen LogP contribution in [0.5, 0.6) is 0 Å². The summed E-state index contributed by atoms with van der Waals surface area (Å²) in [6.45, 7) is 2.88. The first-order valence-corrected chi connectivity index (χ1v) is 6.70. The van der Waals surface area contributed by atoms with E-state index in [1.165, 1.54) is 12.1 Å². The Bertz CT molecular complexity index is 607. The van der Waals surface area contributed by atoms with Crippen LogP contribution in [-0.2, 0) is 4.74 Å². The van der Waals surface area contributed by atoms with Crippen molar-refractivity contribution in [2.24, 2.45) is 0 Å². The molecule has 104 valence electrons. The van der Waals surface area contributed by atoms with Gasteiger partial charge in [-0.1, -0.05) is 17.4 Å². The van der Waals surface area contributed by atoms with Crippen LogP contribution < -0.4 is 0 Å². The van der Waals surface area contributed by atoms with Crippen molar-refractivity contribution in [1.29, 1.82) is 0 Å². The van der Waals surface area contributed by atoms with E-state index in [2.05, 4.69) is 15.2 Å². The summed E-state index contributed by atoms with van der Waals surface area (Å²) < 4.78 is 19.8. The highest BCUT2D eigenvalue weighted by Gasteiger charge is 2.17. The lowest BCUT2D eigenvalue weighted by Crippen LogP contribution is -2.40. The first-order valence-electron chi connectivity index (χ1n) is 6.29.